The Kier molecular flexibility index (Phi) is 7.45. The van der Waals surface area contributed by atoms with Crippen LogP contribution in [0, 0.1) is 31.7 Å². The van der Waals surface area contributed by atoms with E-state index < -0.39 is 33.9 Å². The van der Waals surface area contributed by atoms with Gasteiger partial charge in [-0.15, -0.1) is 0 Å². The van der Waals surface area contributed by atoms with Gasteiger partial charge in [-0.05, 0) is 25.1 Å². The first-order chi connectivity index (χ1) is 16.6. The van der Waals surface area contributed by atoms with E-state index in [4.69, 9.17) is 14.2 Å². The summed E-state index contributed by atoms with van der Waals surface area (Å²) in [5.74, 6) is 0.0707. The maximum absolute atomic E-state index is 11.4. The van der Waals surface area contributed by atoms with Crippen molar-refractivity contribution in [2.45, 2.75) is 31.0 Å². The smallest absolute Gasteiger partial charge is 0.270 e. The number of ether oxygens (including phenoxy) is 3. The lowest BCUT2D eigenvalue weighted by atomic mass is 9.84. The summed E-state index contributed by atoms with van der Waals surface area (Å²) in [6.07, 6.45) is -0.776. The minimum atomic E-state index is -1.49. The normalized spacial score (nSPS) is 21.4. The number of aliphatic hydroxyl groups is 1. The molecule has 0 saturated heterocycles. The summed E-state index contributed by atoms with van der Waals surface area (Å²) in [5.41, 5.74) is -1.34. The predicted octanol–water partition coefficient (Wildman–Crippen LogP) is 2.21. The van der Waals surface area contributed by atoms with E-state index in [1.165, 1.54) is 63.6 Å². The van der Waals surface area contributed by atoms with E-state index in [9.17, 15) is 30.6 Å². The van der Waals surface area contributed by atoms with Crippen LogP contribution in [0.5, 0.6) is 5.75 Å². The highest BCUT2D eigenvalue weighted by Gasteiger charge is 2.52. The van der Waals surface area contributed by atoms with Crippen LogP contribution in [0.2, 0.25) is 0 Å². The molecule has 184 valence electrons. The number of aliphatic imine (C=N–C) groups is 1. The summed E-state index contributed by atoms with van der Waals surface area (Å²) in [6, 6.07) is 8.00. The van der Waals surface area contributed by atoms with Gasteiger partial charge in [0.25, 0.3) is 11.4 Å². The highest BCUT2D eigenvalue weighted by molar-refractivity contribution is 5.94. The lowest BCUT2D eigenvalue weighted by molar-refractivity contribution is -0.385. The Morgan fingerprint density at radius 2 is 1.77 bits per heavy atom. The average molecular weight is 486 g/mol. The first-order valence-electron chi connectivity index (χ1n) is 10.1. The number of benzene rings is 2. The van der Waals surface area contributed by atoms with Gasteiger partial charge in [-0.25, -0.2) is 4.99 Å². The number of nitrogens with one attached hydrogen (secondary N) is 2. The van der Waals surface area contributed by atoms with Crippen LogP contribution in [0.1, 0.15) is 18.5 Å². The molecule has 2 aromatic carbocycles. The Bertz CT molecular complexity index is 1180. The van der Waals surface area contributed by atoms with Crippen molar-refractivity contribution in [2.75, 3.05) is 19.5 Å². The quantitative estimate of drug-likeness (QED) is 0.0987. The lowest BCUT2D eigenvalue weighted by Gasteiger charge is -2.45. The van der Waals surface area contributed by atoms with E-state index in [1.807, 2.05) is 0 Å². The number of methoxy groups -OCH3 is 2. The van der Waals surface area contributed by atoms with Gasteiger partial charge >= 0.3 is 0 Å². The minimum absolute atomic E-state index is 0.126. The third-order valence-corrected chi connectivity index (χ3v) is 5.42. The number of nitrogens with zero attached hydrogens (tertiary/aromatic N) is 4. The van der Waals surface area contributed by atoms with E-state index in [2.05, 4.69) is 15.6 Å². The van der Waals surface area contributed by atoms with E-state index in [0.29, 0.717) is 5.69 Å². The summed E-state index contributed by atoms with van der Waals surface area (Å²) < 4.78 is 16.6. The second-order valence-corrected chi connectivity index (χ2v) is 7.60. The largest absolute Gasteiger partial charge is 0.479 e. The van der Waals surface area contributed by atoms with Gasteiger partial charge in [0.2, 0.25) is 5.96 Å². The maximum atomic E-state index is 11.4. The number of hydrogen-bond acceptors (Lipinski definition) is 10. The van der Waals surface area contributed by atoms with Crippen LogP contribution >= 0.6 is 0 Å². The van der Waals surface area contributed by atoms with Crippen LogP contribution in [0.4, 0.5) is 17.1 Å². The molecular weight excluding hydrogens is 464 g/mol. The Hall–Kier alpha value is -4.32. The Balaban J connectivity index is 2.09. The summed E-state index contributed by atoms with van der Waals surface area (Å²) >= 11 is 0. The number of fused-ring (bicyclic) bond motifs is 1. The van der Waals surface area contributed by atoms with Gasteiger partial charge in [-0.1, -0.05) is 0 Å². The SMILES string of the molecule is COC(OC)[C@]1(C)Oc2ccc([N+](=O)[O-])cc2[C@H](N=C(NC#N)Nc2ccc([N+](=O)[O-])cc2)[C@H]1O. The first kappa shape index (κ1) is 25.3. The standard InChI is InChI=1S/C21H22N6O8/c1-21(19(33-2)34-3)18(28)17(15-10-14(27(31)32)8-9-16(15)35-21)25-20(23-11-22)24-12-4-6-13(7-5-12)26(29)30/h4-10,17-19,28H,1-3H3,(H2,23,24,25)/t17-,18+,21+/m0/s1. The number of nitro benzene ring substituents is 2. The Morgan fingerprint density at radius 3 is 2.31 bits per heavy atom. The third-order valence-electron chi connectivity index (χ3n) is 5.42. The molecule has 0 bridgehead atoms. The fraction of sp³-hybridized carbons (Fsp3) is 0.333. The van der Waals surface area contributed by atoms with Gasteiger partial charge in [-0.3, -0.25) is 25.5 Å². The molecule has 0 aliphatic carbocycles. The summed E-state index contributed by atoms with van der Waals surface area (Å²) in [7, 11) is 2.72. The molecule has 0 fully saturated rings. The predicted molar refractivity (Wildman–Crippen MR) is 122 cm³/mol. The van der Waals surface area contributed by atoms with E-state index in [0.717, 1.165) is 0 Å². The van der Waals surface area contributed by atoms with Crippen LogP contribution in [-0.4, -0.2) is 53.1 Å². The van der Waals surface area contributed by atoms with Crippen LogP contribution in [0.3, 0.4) is 0 Å². The Labute approximate surface area is 199 Å². The number of aliphatic hydroxyl groups excluding tert-OH is 1. The molecule has 1 aliphatic heterocycles. The van der Waals surface area contributed by atoms with Crippen molar-refractivity contribution in [3.05, 3.63) is 68.3 Å². The molecule has 3 atom stereocenters. The molecular formula is C21H22N6O8. The van der Waals surface area contributed by atoms with Crippen molar-refractivity contribution < 1.29 is 29.2 Å². The van der Waals surface area contributed by atoms with Crippen molar-refractivity contribution in [3.63, 3.8) is 0 Å². The van der Waals surface area contributed by atoms with Gasteiger partial charge < -0.3 is 24.6 Å². The first-order valence-corrected chi connectivity index (χ1v) is 10.1. The molecule has 14 heteroatoms. The number of non-ortho nitro benzene ring substituents is 2. The van der Waals surface area contributed by atoms with Crippen molar-refractivity contribution in [2.24, 2.45) is 4.99 Å². The van der Waals surface area contributed by atoms with Crippen LogP contribution in [0.15, 0.2) is 47.5 Å². The zero-order valence-electron chi connectivity index (χ0n) is 18.9. The molecule has 1 aliphatic rings. The molecule has 2 aromatic rings. The number of nitro groups is 2. The highest BCUT2D eigenvalue weighted by atomic mass is 16.7. The van der Waals surface area contributed by atoms with Crippen molar-refractivity contribution in [3.8, 4) is 11.9 Å². The highest BCUT2D eigenvalue weighted by Crippen LogP contribution is 2.45. The molecule has 35 heavy (non-hydrogen) atoms. The second kappa shape index (κ2) is 10.3. The lowest BCUT2D eigenvalue weighted by Crippen LogP contribution is -2.59. The fourth-order valence-electron chi connectivity index (χ4n) is 3.74. The van der Waals surface area contributed by atoms with Gasteiger partial charge in [-0.2, -0.15) is 5.26 Å². The average Bonchev–Trinajstić information content (AvgIpc) is 2.82. The number of anilines is 1. The molecule has 0 amide bonds. The number of hydrogen-bond donors (Lipinski definition) is 3. The molecule has 3 N–H and O–H groups in total. The number of guanidine groups is 1. The molecule has 0 spiro atoms. The molecule has 0 aromatic heterocycles. The Morgan fingerprint density at radius 1 is 1.17 bits per heavy atom. The van der Waals surface area contributed by atoms with Crippen LogP contribution < -0.4 is 15.4 Å². The van der Waals surface area contributed by atoms with Gasteiger partial charge in [0, 0.05) is 49.7 Å². The van der Waals surface area contributed by atoms with Crippen molar-refractivity contribution in [1.82, 2.24) is 5.32 Å². The number of rotatable bonds is 7. The van der Waals surface area contributed by atoms with Crippen molar-refractivity contribution >= 4 is 23.0 Å². The molecule has 3 rings (SSSR count). The molecule has 14 nitrogen and oxygen atoms in total. The topological polar surface area (TPSA) is 194 Å². The van der Waals surface area contributed by atoms with Crippen LogP contribution in [-0.2, 0) is 9.47 Å². The summed E-state index contributed by atoms with van der Waals surface area (Å²) in [6.45, 7) is 1.53. The second-order valence-electron chi connectivity index (χ2n) is 7.60. The summed E-state index contributed by atoms with van der Waals surface area (Å²) in [5, 5.41) is 47.9. The summed E-state index contributed by atoms with van der Waals surface area (Å²) in [4.78, 5) is 25.5. The molecule has 0 unspecified atom stereocenters. The van der Waals surface area contributed by atoms with Gasteiger partial charge in [0.05, 0.1) is 9.85 Å². The zero-order chi connectivity index (χ0) is 25.8. The van der Waals surface area contributed by atoms with E-state index >= 15 is 0 Å². The zero-order valence-corrected chi connectivity index (χ0v) is 18.9. The number of nitriles is 1. The van der Waals surface area contributed by atoms with Gasteiger partial charge in [0.15, 0.2) is 18.1 Å². The van der Waals surface area contributed by atoms with E-state index in [-0.39, 0.29) is 28.6 Å². The fourth-order valence-corrected chi connectivity index (χ4v) is 3.74. The van der Waals surface area contributed by atoms with Crippen molar-refractivity contribution in [1.29, 1.82) is 5.26 Å². The molecule has 1 heterocycles. The monoisotopic (exact) mass is 486 g/mol. The third kappa shape index (κ3) is 5.11. The molecule has 0 radical (unpaired) electrons. The minimum Gasteiger partial charge on any atom is -0.479 e. The van der Waals surface area contributed by atoms with Crippen LogP contribution in [0.25, 0.3) is 0 Å². The maximum Gasteiger partial charge on any atom is 0.270 e. The molecule has 0 saturated carbocycles. The van der Waals surface area contributed by atoms with E-state index in [1.54, 1.807) is 6.19 Å². The van der Waals surface area contributed by atoms with Gasteiger partial charge in [0.1, 0.15) is 17.9 Å².